The van der Waals surface area contributed by atoms with Gasteiger partial charge in [0.2, 0.25) is 0 Å². The third-order valence-electron chi connectivity index (χ3n) is 7.33. The summed E-state index contributed by atoms with van der Waals surface area (Å²) in [6, 6.07) is 6.18. The molecule has 3 heterocycles. The van der Waals surface area contributed by atoms with Crippen LogP contribution in [0.25, 0.3) is 0 Å². The number of hydrogen-bond acceptors (Lipinski definition) is 8. The van der Waals surface area contributed by atoms with Gasteiger partial charge in [-0.3, -0.25) is 15.5 Å². The van der Waals surface area contributed by atoms with Crippen LogP contribution in [-0.2, 0) is 22.3 Å². The highest BCUT2D eigenvalue weighted by molar-refractivity contribution is 5.39. The second-order valence-corrected chi connectivity index (χ2v) is 8.93. The van der Waals surface area contributed by atoms with Crippen molar-refractivity contribution in [3.05, 3.63) is 34.9 Å². The maximum Gasteiger partial charge on any atom is 0.141 e. The number of likely N-dealkylation sites (tertiary alicyclic amines) is 1. The first-order valence-corrected chi connectivity index (χ1v) is 11.2. The molecule has 0 spiro atoms. The maximum absolute atomic E-state index is 10.9. The second kappa shape index (κ2) is 8.44. The predicted molar refractivity (Wildman–Crippen MR) is 110 cm³/mol. The zero-order valence-electron chi connectivity index (χ0n) is 17.4. The largest absolute Gasteiger partial charge is 0.387 e. The smallest absolute Gasteiger partial charge is 0.141 e. The Morgan fingerprint density at radius 2 is 2.03 bits per heavy atom. The number of nitrogens with zero attached hydrogens (tertiary/aromatic N) is 1. The van der Waals surface area contributed by atoms with Crippen LogP contribution >= 0.6 is 0 Å². The van der Waals surface area contributed by atoms with Crippen molar-refractivity contribution in [3.63, 3.8) is 0 Å². The molecule has 0 bridgehead atoms. The van der Waals surface area contributed by atoms with Gasteiger partial charge in [0.25, 0.3) is 0 Å². The minimum absolute atomic E-state index is 0.0379. The molecule has 8 nitrogen and oxygen atoms in total. The van der Waals surface area contributed by atoms with Crippen LogP contribution in [0.15, 0.2) is 18.2 Å². The first-order valence-electron chi connectivity index (χ1n) is 11.2. The molecule has 3 fully saturated rings. The van der Waals surface area contributed by atoms with Gasteiger partial charge in [0.1, 0.15) is 30.6 Å². The minimum Gasteiger partial charge on any atom is -0.387 e. The quantitative estimate of drug-likeness (QED) is 0.419. The van der Waals surface area contributed by atoms with Crippen molar-refractivity contribution in [1.29, 1.82) is 0 Å². The van der Waals surface area contributed by atoms with Crippen molar-refractivity contribution in [2.45, 2.75) is 69.0 Å². The van der Waals surface area contributed by atoms with Crippen LogP contribution in [0.3, 0.4) is 0 Å². The molecule has 3 unspecified atom stereocenters. The fourth-order valence-electron chi connectivity index (χ4n) is 5.50. The Labute approximate surface area is 177 Å². The normalized spacial score (nSPS) is 39.4. The van der Waals surface area contributed by atoms with Crippen molar-refractivity contribution in [2.24, 2.45) is 5.92 Å². The van der Waals surface area contributed by atoms with Crippen molar-refractivity contribution in [3.8, 4) is 0 Å². The maximum atomic E-state index is 10.9. The van der Waals surface area contributed by atoms with Crippen LogP contribution < -0.4 is 10.6 Å². The summed E-state index contributed by atoms with van der Waals surface area (Å²) in [6.45, 7) is 4.74. The van der Waals surface area contributed by atoms with E-state index in [0.29, 0.717) is 25.8 Å². The molecule has 8 heteroatoms. The van der Waals surface area contributed by atoms with Gasteiger partial charge in [0.15, 0.2) is 0 Å². The lowest BCUT2D eigenvalue weighted by molar-refractivity contribution is -0.128. The number of fused-ring (bicyclic) bond motifs is 2. The molecule has 0 saturated carbocycles. The van der Waals surface area contributed by atoms with Crippen LogP contribution in [0.2, 0.25) is 0 Å². The Balaban J connectivity index is 1.29. The highest BCUT2D eigenvalue weighted by atomic mass is 16.6. The van der Waals surface area contributed by atoms with Gasteiger partial charge in [-0.25, -0.2) is 0 Å². The highest BCUT2D eigenvalue weighted by Crippen LogP contribution is 2.38. The fourth-order valence-corrected chi connectivity index (χ4v) is 5.50. The molecule has 1 aliphatic carbocycles. The van der Waals surface area contributed by atoms with Crippen molar-refractivity contribution in [1.82, 2.24) is 15.5 Å². The summed E-state index contributed by atoms with van der Waals surface area (Å²) in [5.41, 5.74) is 3.30. The van der Waals surface area contributed by atoms with E-state index in [-0.39, 0.29) is 12.2 Å². The molecule has 5 rings (SSSR count). The van der Waals surface area contributed by atoms with Gasteiger partial charge < -0.3 is 24.8 Å². The lowest BCUT2D eigenvalue weighted by atomic mass is 9.85. The van der Waals surface area contributed by atoms with Gasteiger partial charge in [0.05, 0.1) is 12.8 Å². The van der Waals surface area contributed by atoms with Gasteiger partial charge in [0, 0.05) is 31.8 Å². The van der Waals surface area contributed by atoms with E-state index in [0.717, 1.165) is 31.4 Å². The molecule has 1 aromatic carbocycles. The Morgan fingerprint density at radius 3 is 2.77 bits per heavy atom. The summed E-state index contributed by atoms with van der Waals surface area (Å²) in [4.78, 5) is 2.10. The molecule has 1 aromatic rings. The predicted octanol–water partition coefficient (Wildman–Crippen LogP) is -0.531. The standard InChI is InChI=1S/C22H33N3O5/c1-2-29-10-16-15-7-8-25(21(15)24-11-23-16)22-19(28)18(27)20(30-22)17(26)14-6-4-12-3-5-13(12)9-14/h4,6,9,15-24,26-28H,2-3,5,7-8,10-11H2,1H3/t15?,16?,17-,18+,19-,20-,21?,22-/m1/s1. The van der Waals surface area contributed by atoms with Gasteiger partial charge >= 0.3 is 0 Å². The van der Waals surface area contributed by atoms with E-state index in [1.807, 2.05) is 25.1 Å². The third kappa shape index (κ3) is 3.49. The van der Waals surface area contributed by atoms with E-state index >= 15 is 0 Å². The lowest BCUT2D eigenvalue weighted by Crippen LogP contribution is -2.63. The molecule has 30 heavy (non-hydrogen) atoms. The molecule has 3 saturated heterocycles. The van der Waals surface area contributed by atoms with E-state index in [4.69, 9.17) is 9.47 Å². The molecule has 5 N–H and O–H groups in total. The summed E-state index contributed by atoms with van der Waals surface area (Å²) >= 11 is 0. The molecule has 4 aliphatic rings. The van der Waals surface area contributed by atoms with Crippen molar-refractivity contribution < 1.29 is 24.8 Å². The number of benzene rings is 1. The van der Waals surface area contributed by atoms with Crippen LogP contribution in [0.4, 0.5) is 0 Å². The van der Waals surface area contributed by atoms with Crippen LogP contribution in [0, 0.1) is 5.92 Å². The summed E-state index contributed by atoms with van der Waals surface area (Å²) in [7, 11) is 0. The molecule has 3 aliphatic heterocycles. The van der Waals surface area contributed by atoms with Crippen molar-refractivity contribution in [2.75, 3.05) is 26.4 Å². The summed E-state index contributed by atoms with van der Waals surface area (Å²) in [5.74, 6) is 0.329. The first-order chi connectivity index (χ1) is 14.6. The van der Waals surface area contributed by atoms with Crippen LogP contribution in [-0.4, -0.2) is 83.4 Å². The number of hydrogen-bond donors (Lipinski definition) is 5. The average molecular weight is 420 g/mol. The number of aliphatic hydroxyl groups excluding tert-OH is 3. The first kappa shape index (κ1) is 20.8. The molecular formula is C22H33N3O5. The van der Waals surface area contributed by atoms with Crippen LogP contribution in [0.1, 0.15) is 36.1 Å². The topological polar surface area (TPSA) is 106 Å². The Kier molecular flexibility index (Phi) is 5.85. The highest BCUT2D eigenvalue weighted by Gasteiger charge is 2.53. The van der Waals surface area contributed by atoms with Gasteiger partial charge in [-0.15, -0.1) is 0 Å². The zero-order valence-corrected chi connectivity index (χ0v) is 17.4. The van der Waals surface area contributed by atoms with E-state index in [2.05, 4.69) is 15.5 Å². The average Bonchev–Trinajstić information content (AvgIpc) is 3.29. The Hall–Kier alpha value is -1.10. The van der Waals surface area contributed by atoms with Gasteiger partial charge in [-0.1, -0.05) is 18.2 Å². The van der Waals surface area contributed by atoms with E-state index < -0.39 is 30.6 Å². The van der Waals surface area contributed by atoms with Gasteiger partial charge in [-0.05, 0) is 42.9 Å². The number of aliphatic hydroxyl groups is 3. The monoisotopic (exact) mass is 419 g/mol. The Morgan fingerprint density at radius 1 is 1.20 bits per heavy atom. The Bertz CT molecular complexity index is 764. The molecular weight excluding hydrogens is 386 g/mol. The molecule has 166 valence electrons. The summed E-state index contributed by atoms with van der Waals surface area (Å²) in [5, 5.41) is 39.4. The lowest BCUT2D eigenvalue weighted by Gasteiger charge is -2.40. The van der Waals surface area contributed by atoms with E-state index in [9.17, 15) is 15.3 Å². The summed E-state index contributed by atoms with van der Waals surface area (Å²) in [6.07, 6.45) is -1.61. The number of ether oxygens (including phenoxy) is 2. The van der Waals surface area contributed by atoms with E-state index in [1.165, 1.54) is 11.1 Å². The second-order valence-electron chi connectivity index (χ2n) is 8.93. The van der Waals surface area contributed by atoms with Crippen molar-refractivity contribution >= 4 is 0 Å². The number of aryl methyl sites for hydroxylation is 2. The molecule has 0 radical (unpaired) electrons. The fraction of sp³-hybridized carbons (Fsp3) is 0.727. The molecule has 0 amide bonds. The number of rotatable bonds is 6. The third-order valence-corrected chi connectivity index (χ3v) is 7.33. The van der Waals surface area contributed by atoms with E-state index in [1.54, 1.807) is 0 Å². The summed E-state index contributed by atoms with van der Waals surface area (Å²) < 4.78 is 11.8. The van der Waals surface area contributed by atoms with Crippen LogP contribution in [0.5, 0.6) is 0 Å². The molecule has 8 atom stereocenters. The van der Waals surface area contributed by atoms with Gasteiger partial charge in [-0.2, -0.15) is 0 Å². The molecule has 0 aromatic heterocycles. The zero-order chi connectivity index (χ0) is 20.8. The number of nitrogens with one attached hydrogen (secondary N) is 2. The SMILES string of the molecule is CCOCC1NCNC2C1CCN2[C@@H]1O[C@H]([C@H](O)c2ccc3c(c2)CC3)[C@@H](O)[C@H]1O. The minimum atomic E-state index is -1.14.